The number of nitrogens with one attached hydrogen (secondary N) is 3. The van der Waals surface area contributed by atoms with Crippen molar-refractivity contribution in [2.24, 2.45) is 0 Å². The van der Waals surface area contributed by atoms with Crippen molar-refractivity contribution in [2.75, 3.05) is 23.7 Å². The third-order valence-corrected chi connectivity index (χ3v) is 5.02. The average molecular weight is 422 g/mol. The van der Waals surface area contributed by atoms with Crippen LogP contribution in [0.2, 0.25) is 0 Å². The lowest BCUT2D eigenvalue weighted by molar-refractivity contribution is -0.129. The van der Waals surface area contributed by atoms with E-state index >= 15 is 0 Å². The number of hydrogen-bond acceptors (Lipinski definition) is 7. The molecule has 0 spiro atoms. The number of rotatable bonds is 6. The van der Waals surface area contributed by atoms with Crippen LogP contribution in [0.25, 0.3) is 0 Å². The summed E-state index contributed by atoms with van der Waals surface area (Å²) in [7, 11) is 0. The van der Waals surface area contributed by atoms with E-state index in [1.54, 1.807) is 30.0 Å². The average Bonchev–Trinajstić information content (AvgIpc) is 2.74. The minimum Gasteiger partial charge on any atom is -0.382 e. The molecule has 0 aliphatic carbocycles. The van der Waals surface area contributed by atoms with Gasteiger partial charge in [0.15, 0.2) is 0 Å². The van der Waals surface area contributed by atoms with Crippen LogP contribution in [-0.2, 0) is 4.79 Å². The highest BCUT2D eigenvalue weighted by molar-refractivity contribution is 6.00. The number of pyridine rings is 2. The molecule has 3 heterocycles. The second kappa shape index (κ2) is 9.89. The highest BCUT2D eigenvalue weighted by Crippen LogP contribution is 2.22. The van der Waals surface area contributed by atoms with Crippen LogP contribution in [0.1, 0.15) is 49.5 Å². The van der Waals surface area contributed by atoms with E-state index in [-0.39, 0.29) is 23.9 Å². The molecule has 3 N–H and O–H groups in total. The molecule has 162 valence electrons. The van der Waals surface area contributed by atoms with Crippen LogP contribution in [0.15, 0.2) is 30.6 Å². The Morgan fingerprint density at radius 1 is 1.16 bits per heavy atom. The van der Waals surface area contributed by atoms with Crippen LogP contribution in [0.3, 0.4) is 0 Å². The van der Waals surface area contributed by atoms with Gasteiger partial charge in [0.05, 0.1) is 16.8 Å². The van der Waals surface area contributed by atoms with Crippen LogP contribution in [0.5, 0.6) is 0 Å². The number of anilines is 3. The Hall–Kier alpha value is -3.67. The van der Waals surface area contributed by atoms with Crippen molar-refractivity contribution >= 4 is 29.1 Å². The fraction of sp³-hybridized carbons (Fsp3) is 0.409. The summed E-state index contributed by atoms with van der Waals surface area (Å²) in [6.45, 7) is 6.85. The number of likely N-dealkylation sites (tertiary alicyclic amines) is 1. The summed E-state index contributed by atoms with van der Waals surface area (Å²) in [5.74, 6) is 0.959. The lowest BCUT2D eigenvalue weighted by Crippen LogP contribution is -2.46. The van der Waals surface area contributed by atoms with E-state index in [0.717, 1.165) is 12.8 Å². The van der Waals surface area contributed by atoms with E-state index in [9.17, 15) is 9.59 Å². The molecular weight excluding hydrogens is 394 g/mol. The molecule has 9 heteroatoms. The number of carbonyl (C=O) groups is 2. The Morgan fingerprint density at radius 2 is 1.87 bits per heavy atom. The monoisotopic (exact) mass is 421 g/mol. The van der Waals surface area contributed by atoms with Crippen LogP contribution in [0, 0.1) is 11.3 Å². The van der Waals surface area contributed by atoms with Gasteiger partial charge in [0.1, 0.15) is 17.7 Å². The summed E-state index contributed by atoms with van der Waals surface area (Å²) in [4.78, 5) is 34.8. The van der Waals surface area contributed by atoms with Gasteiger partial charge >= 0.3 is 0 Å². The number of carbonyl (C=O) groups excluding carboxylic acids is 2. The zero-order chi connectivity index (χ0) is 22.4. The maximum Gasteiger partial charge on any atom is 0.255 e. The van der Waals surface area contributed by atoms with Gasteiger partial charge in [0, 0.05) is 50.6 Å². The molecule has 2 aromatic heterocycles. The molecule has 0 bridgehead atoms. The third kappa shape index (κ3) is 5.92. The Kier molecular flexibility index (Phi) is 7.03. The molecule has 0 unspecified atom stereocenters. The van der Waals surface area contributed by atoms with Gasteiger partial charge in [-0.25, -0.2) is 9.97 Å². The van der Waals surface area contributed by atoms with Crippen LogP contribution >= 0.6 is 0 Å². The molecule has 1 aliphatic heterocycles. The molecule has 2 aromatic rings. The number of nitriles is 1. The Balaban J connectivity index is 1.72. The third-order valence-electron chi connectivity index (χ3n) is 5.02. The van der Waals surface area contributed by atoms with Crippen LogP contribution < -0.4 is 16.0 Å². The van der Waals surface area contributed by atoms with Gasteiger partial charge in [0.25, 0.3) is 5.91 Å². The van der Waals surface area contributed by atoms with E-state index in [2.05, 4.69) is 25.9 Å². The van der Waals surface area contributed by atoms with Gasteiger partial charge in [-0.15, -0.1) is 0 Å². The first kappa shape index (κ1) is 22.0. The van der Waals surface area contributed by atoms with Crippen molar-refractivity contribution in [3.63, 3.8) is 0 Å². The van der Waals surface area contributed by atoms with Crippen molar-refractivity contribution in [1.82, 2.24) is 20.2 Å². The second-order valence-corrected chi connectivity index (χ2v) is 7.84. The van der Waals surface area contributed by atoms with Gasteiger partial charge in [-0.1, -0.05) is 0 Å². The topological polar surface area (TPSA) is 123 Å². The van der Waals surface area contributed by atoms with Crippen molar-refractivity contribution in [1.29, 1.82) is 5.26 Å². The predicted octanol–water partition coefficient (Wildman–Crippen LogP) is 2.65. The summed E-state index contributed by atoms with van der Waals surface area (Å²) in [6, 6.07) is 7.31. The first-order valence-corrected chi connectivity index (χ1v) is 10.3. The molecule has 1 saturated heterocycles. The Morgan fingerprint density at radius 3 is 2.45 bits per heavy atom. The summed E-state index contributed by atoms with van der Waals surface area (Å²) >= 11 is 0. The van der Waals surface area contributed by atoms with Gasteiger partial charge in [-0.05, 0) is 38.8 Å². The maximum absolute atomic E-state index is 12.9. The van der Waals surface area contributed by atoms with Gasteiger partial charge < -0.3 is 20.9 Å². The molecule has 0 saturated carbocycles. The van der Waals surface area contributed by atoms with E-state index in [1.165, 1.54) is 12.4 Å². The minimum absolute atomic E-state index is 0.0238. The smallest absolute Gasteiger partial charge is 0.255 e. The molecule has 3 rings (SSSR count). The number of piperidine rings is 1. The lowest BCUT2D eigenvalue weighted by atomic mass is 10.0. The zero-order valence-corrected chi connectivity index (χ0v) is 18.0. The quantitative estimate of drug-likeness (QED) is 0.655. The minimum atomic E-state index is -0.194. The first-order valence-electron chi connectivity index (χ1n) is 10.3. The number of hydrogen-bond donors (Lipinski definition) is 3. The first-order chi connectivity index (χ1) is 14.9. The SMILES string of the molecule is CC(=O)N1CCC(NC(=O)c2cnc(Nc3ccc(C#N)cn3)cc2NC(C)C)CC1. The van der Waals surface area contributed by atoms with Crippen molar-refractivity contribution < 1.29 is 9.59 Å². The molecule has 9 nitrogen and oxygen atoms in total. The highest BCUT2D eigenvalue weighted by atomic mass is 16.2. The fourth-order valence-electron chi connectivity index (χ4n) is 3.40. The molecule has 31 heavy (non-hydrogen) atoms. The van der Waals surface area contributed by atoms with Crippen molar-refractivity contribution in [2.45, 2.75) is 45.7 Å². The van der Waals surface area contributed by atoms with Crippen LogP contribution in [-0.4, -0.2) is 51.9 Å². The van der Waals surface area contributed by atoms with Crippen LogP contribution in [0.4, 0.5) is 17.3 Å². The Bertz CT molecular complexity index is 974. The molecular formula is C22H27N7O2. The molecule has 1 fully saturated rings. The summed E-state index contributed by atoms with van der Waals surface area (Å²) in [5.41, 5.74) is 1.60. The van der Waals surface area contributed by atoms with Gasteiger partial charge in [0.2, 0.25) is 5.91 Å². The van der Waals surface area contributed by atoms with E-state index in [1.807, 2.05) is 19.9 Å². The molecule has 0 radical (unpaired) electrons. The van der Waals surface area contributed by atoms with Gasteiger partial charge in [-0.3, -0.25) is 9.59 Å². The predicted molar refractivity (Wildman–Crippen MR) is 118 cm³/mol. The van der Waals surface area contributed by atoms with E-state index in [4.69, 9.17) is 5.26 Å². The highest BCUT2D eigenvalue weighted by Gasteiger charge is 2.23. The number of aromatic nitrogens is 2. The maximum atomic E-state index is 12.9. The summed E-state index contributed by atoms with van der Waals surface area (Å²) < 4.78 is 0. The number of nitrogens with zero attached hydrogens (tertiary/aromatic N) is 4. The molecule has 0 atom stereocenters. The standard InChI is InChI=1S/C22H27N7O2/c1-14(2)26-19-10-21(28-20-5-4-16(11-23)12-24-20)25-13-18(19)22(31)27-17-6-8-29(9-7-17)15(3)30/h4-5,10,12-14,17H,6-9H2,1-3H3,(H,27,31)(H2,24,25,26,28). The lowest BCUT2D eigenvalue weighted by Gasteiger charge is -2.31. The molecule has 1 aliphatic rings. The van der Waals surface area contributed by atoms with E-state index in [0.29, 0.717) is 41.5 Å². The van der Waals surface area contributed by atoms with E-state index < -0.39 is 0 Å². The van der Waals surface area contributed by atoms with Crippen molar-refractivity contribution in [3.8, 4) is 6.07 Å². The van der Waals surface area contributed by atoms with Crippen molar-refractivity contribution in [3.05, 3.63) is 41.7 Å². The summed E-state index contributed by atoms with van der Waals surface area (Å²) in [5, 5.41) is 18.4. The molecule has 2 amide bonds. The largest absolute Gasteiger partial charge is 0.382 e. The number of amides is 2. The second-order valence-electron chi connectivity index (χ2n) is 7.84. The van der Waals surface area contributed by atoms with Gasteiger partial charge in [-0.2, -0.15) is 5.26 Å². The molecule has 0 aromatic carbocycles. The fourth-order valence-corrected chi connectivity index (χ4v) is 3.40. The Labute approximate surface area is 181 Å². The normalized spacial score (nSPS) is 14.1. The summed E-state index contributed by atoms with van der Waals surface area (Å²) in [6.07, 6.45) is 4.48. The zero-order valence-electron chi connectivity index (χ0n) is 18.0.